The number of carboxylic acid groups (broad SMARTS) is 1. The molecule has 0 amide bonds. The topological polar surface area (TPSA) is 105 Å². The van der Waals surface area contributed by atoms with Crippen molar-refractivity contribution in [2.24, 2.45) is 0 Å². The monoisotopic (exact) mass is 458 g/mol. The van der Waals surface area contributed by atoms with Crippen LogP contribution in [0.5, 0.6) is 5.75 Å². The van der Waals surface area contributed by atoms with Crippen LogP contribution in [0, 0.1) is 0 Å². The summed E-state index contributed by atoms with van der Waals surface area (Å²) in [5, 5.41) is 19.1. The molecule has 0 aliphatic carbocycles. The zero-order valence-corrected chi connectivity index (χ0v) is 19.5. The maximum Gasteiger partial charge on any atom is 0.351 e. The summed E-state index contributed by atoms with van der Waals surface area (Å²) in [6.07, 6.45) is 8.98. The molecule has 1 atom stereocenters. The lowest BCUT2D eigenvalue weighted by atomic mass is 9.98. The van der Waals surface area contributed by atoms with Crippen LogP contribution in [0.3, 0.4) is 0 Å². The van der Waals surface area contributed by atoms with Gasteiger partial charge in [0, 0.05) is 33.4 Å². The molecule has 0 aliphatic heterocycles. The van der Waals surface area contributed by atoms with Crippen molar-refractivity contribution in [2.45, 2.75) is 65.2 Å². The van der Waals surface area contributed by atoms with E-state index in [0.717, 1.165) is 30.2 Å². The largest absolute Gasteiger partial charge is 0.507 e. The summed E-state index contributed by atoms with van der Waals surface area (Å²) in [4.78, 5) is 38.3. The van der Waals surface area contributed by atoms with E-state index in [1.54, 1.807) is 24.3 Å². The molecule has 0 aromatic carbocycles. The molecular formula is C25H30O6S. The number of rotatable bonds is 12. The Morgan fingerprint density at radius 2 is 2.00 bits per heavy atom. The Morgan fingerprint density at radius 1 is 1.25 bits per heavy atom. The molecule has 2 aromatic heterocycles. The molecule has 0 aliphatic rings. The highest BCUT2D eigenvalue weighted by molar-refractivity contribution is 7.12. The van der Waals surface area contributed by atoms with Gasteiger partial charge in [-0.05, 0) is 50.3 Å². The third-order valence-corrected chi connectivity index (χ3v) is 6.23. The van der Waals surface area contributed by atoms with Crippen LogP contribution in [0.4, 0.5) is 0 Å². The van der Waals surface area contributed by atoms with Crippen molar-refractivity contribution < 1.29 is 24.2 Å². The quantitative estimate of drug-likeness (QED) is 0.301. The predicted octanol–water partition coefficient (Wildman–Crippen LogP) is 5.95. The highest BCUT2D eigenvalue weighted by Crippen LogP contribution is 2.28. The van der Waals surface area contributed by atoms with Gasteiger partial charge in [0.1, 0.15) is 17.1 Å². The molecule has 2 rings (SSSR count). The Morgan fingerprint density at radius 3 is 2.62 bits per heavy atom. The molecule has 0 spiro atoms. The maximum absolute atomic E-state index is 13.0. The number of carbonyl (C=O) groups is 2. The minimum absolute atomic E-state index is 0.231. The maximum atomic E-state index is 13.0. The second-order valence-corrected chi connectivity index (χ2v) is 8.88. The Kier molecular flexibility index (Phi) is 9.65. The molecule has 6 nitrogen and oxygen atoms in total. The van der Waals surface area contributed by atoms with Crippen molar-refractivity contribution in [3.05, 3.63) is 67.4 Å². The van der Waals surface area contributed by atoms with Gasteiger partial charge in [-0.25, -0.2) is 9.59 Å². The van der Waals surface area contributed by atoms with Crippen LogP contribution in [0.1, 0.15) is 84.7 Å². The van der Waals surface area contributed by atoms with Crippen molar-refractivity contribution in [2.75, 3.05) is 0 Å². The number of unbranched alkanes of at least 4 members (excludes halogenated alkanes) is 1. The normalized spacial score (nSPS) is 12.9. The van der Waals surface area contributed by atoms with Gasteiger partial charge in [0.05, 0.1) is 0 Å². The summed E-state index contributed by atoms with van der Waals surface area (Å²) >= 11 is 1.62. The molecule has 0 radical (unpaired) electrons. The molecule has 2 aromatic rings. The molecule has 32 heavy (non-hydrogen) atoms. The summed E-state index contributed by atoms with van der Waals surface area (Å²) in [7, 11) is 0. The average molecular weight is 459 g/mol. The van der Waals surface area contributed by atoms with Crippen LogP contribution >= 0.6 is 11.3 Å². The fourth-order valence-electron chi connectivity index (χ4n) is 3.24. The minimum atomic E-state index is -1.02. The molecular weight excluding hydrogens is 428 g/mol. The van der Waals surface area contributed by atoms with E-state index >= 15 is 0 Å². The summed E-state index contributed by atoms with van der Waals surface area (Å²) in [5.74, 6) is -1.93. The van der Waals surface area contributed by atoms with Crippen molar-refractivity contribution >= 4 is 29.2 Å². The smallest absolute Gasteiger partial charge is 0.351 e. The highest BCUT2D eigenvalue weighted by Gasteiger charge is 2.23. The van der Waals surface area contributed by atoms with Gasteiger partial charge in [-0.1, -0.05) is 33.3 Å². The highest BCUT2D eigenvalue weighted by atomic mass is 32.1. The Labute approximate surface area is 191 Å². The van der Waals surface area contributed by atoms with Crippen LogP contribution in [-0.4, -0.2) is 22.0 Å². The molecule has 0 bridgehead atoms. The van der Waals surface area contributed by atoms with E-state index in [9.17, 15) is 19.5 Å². The summed E-state index contributed by atoms with van der Waals surface area (Å²) in [6.45, 7) is 5.77. The van der Waals surface area contributed by atoms with Gasteiger partial charge < -0.3 is 14.6 Å². The third kappa shape index (κ3) is 7.05. The number of aryl methyl sites for hydroxylation is 1. The Bertz CT molecular complexity index is 1060. The zero-order valence-electron chi connectivity index (χ0n) is 18.7. The van der Waals surface area contributed by atoms with Crippen molar-refractivity contribution in [1.82, 2.24) is 0 Å². The number of aromatic hydroxyl groups is 1. The van der Waals surface area contributed by atoms with Crippen molar-refractivity contribution in [3.8, 4) is 5.75 Å². The van der Waals surface area contributed by atoms with Gasteiger partial charge >= 0.3 is 11.6 Å². The first-order valence-corrected chi connectivity index (χ1v) is 11.7. The third-order valence-electron chi connectivity index (χ3n) is 5.14. The predicted molar refractivity (Wildman–Crippen MR) is 127 cm³/mol. The summed E-state index contributed by atoms with van der Waals surface area (Å²) in [5.41, 5.74) is -0.800. The minimum Gasteiger partial charge on any atom is -0.507 e. The molecule has 1 unspecified atom stereocenters. The Hall–Kier alpha value is -2.93. The standard InChI is InChI=1S/C25H30O6S/c1-4-6-10-18-12-13-19(32-18)14-17(5-2)24(29)23-20(26)15-21(31-25(23)30)16(3)9-7-8-11-22(27)28/h8,11-16,26H,4-7,9-10H2,1-3H3,(H,27,28). The fourth-order valence-corrected chi connectivity index (χ4v) is 4.26. The number of aliphatic carboxylic acids is 1. The van der Waals surface area contributed by atoms with E-state index in [-0.39, 0.29) is 17.2 Å². The number of hydrogen-bond acceptors (Lipinski definition) is 6. The molecule has 0 saturated heterocycles. The van der Waals surface area contributed by atoms with E-state index in [2.05, 4.69) is 13.0 Å². The lowest BCUT2D eigenvalue weighted by Crippen LogP contribution is -2.17. The van der Waals surface area contributed by atoms with E-state index in [1.807, 2.05) is 13.0 Å². The van der Waals surface area contributed by atoms with Crippen LogP contribution in [0.2, 0.25) is 0 Å². The summed E-state index contributed by atoms with van der Waals surface area (Å²) < 4.78 is 5.34. The van der Waals surface area contributed by atoms with Gasteiger partial charge in [-0.15, -0.1) is 11.3 Å². The summed E-state index contributed by atoms with van der Waals surface area (Å²) in [6, 6.07) is 5.32. The Balaban J connectivity index is 2.22. The van der Waals surface area contributed by atoms with Gasteiger partial charge in [-0.2, -0.15) is 0 Å². The van der Waals surface area contributed by atoms with Gasteiger partial charge in [0.2, 0.25) is 0 Å². The van der Waals surface area contributed by atoms with E-state index in [1.165, 1.54) is 17.0 Å². The second kappa shape index (κ2) is 12.2. The number of carbonyl (C=O) groups excluding carboxylic acids is 1. The molecule has 2 N–H and O–H groups in total. The van der Waals surface area contributed by atoms with Gasteiger partial charge in [0.25, 0.3) is 0 Å². The van der Waals surface area contributed by atoms with Crippen molar-refractivity contribution in [1.29, 1.82) is 0 Å². The number of allylic oxidation sites excluding steroid dienone is 2. The molecule has 0 fully saturated rings. The SMILES string of the molecule is CCCCc1ccc(C=C(CC)C(=O)c2c(O)cc(C(C)CCC=CC(=O)O)oc2=O)s1. The number of carboxylic acids is 1. The first-order valence-electron chi connectivity index (χ1n) is 10.9. The zero-order chi connectivity index (χ0) is 23.7. The number of Topliss-reactive ketones (excluding diaryl/α,β-unsaturated/α-hetero) is 1. The van der Waals surface area contributed by atoms with Gasteiger partial charge in [-0.3, -0.25) is 4.79 Å². The first kappa shape index (κ1) is 25.3. The second-order valence-electron chi connectivity index (χ2n) is 7.68. The van der Waals surface area contributed by atoms with E-state index < -0.39 is 23.1 Å². The fraction of sp³-hybridized carbons (Fsp3) is 0.400. The molecule has 2 heterocycles. The van der Waals surface area contributed by atoms with Crippen LogP contribution < -0.4 is 5.63 Å². The van der Waals surface area contributed by atoms with E-state index in [4.69, 9.17) is 9.52 Å². The van der Waals surface area contributed by atoms with Crippen LogP contribution in [0.25, 0.3) is 6.08 Å². The first-order chi connectivity index (χ1) is 15.3. The molecule has 172 valence electrons. The van der Waals surface area contributed by atoms with Gasteiger partial charge in [0.15, 0.2) is 5.78 Å². The molecule has 7 heteroatoms. The molecule has 0 saturated carbocycles. The van der Waals surface area contributed by atoms with Crippen molar-refractivity contribution in [3.63, 3.8) is 0 Å². The lowest BCUT2D eigenvalue weighted by molar-refractivity contribution is -0.131. The lowest BCUT2D eigenvalue weighted by Gasteiger charge is -2.11. The number of thiophene rings is 1. The number of ketones is 1. The van der Waals surface area contributed by atoms with Crippen LogP contribution in [-0.2, 0) is 11.2 Å². The van der Waals surface area contributed by atoms with Crippen LogP contribution in [0.15, 0.2) is 45.1 Å². The average Bonchev–Trinajstić information content (AvgIpc) is 3.19. The number of hydrogen-bond donors (Lipinski definition) is 2. The van der Waals surface area contributed by atoms with E-state index in [0.29, 0.717) is 24.8 Å².